The van der Waals surface area contributed by atoms with Crippen LogP contribution in [0.1, 0.15) is 36.6 Å². The predicted molar refractivity (Wildman–Crippen MR) is 152 cm³/mol. The second kappa shape index (κ2) is 10.9. The van der Waals surface area contributed by atoms with E-state index in [1.165, 1.54) is 4.90 Å². The minimum absolute atomic E-state index is 0.00157. The van der Waals surface area contributed by atoms with Gasteiger partial charge in [-0.05, 0) is 87.5 Å². The summed E-state index contributed by atoms with van der Waals surface area (Å²) in [7, 11) is 2.12. The first-order valence-corrected chi connectivity index (χ1v) is 13.3. The molecule has 2 fully saturated rings. The number of rotatable bonds is 6. The number of amides is 1. The SMILES string of the molecule is Cc1cc(/C(O)=C2/C(=O)C(=O)N(c3ccc(N4CCN(C)CC4)cc3)C2c2cccnc2)ccc1OC(C)C. The fourth-order valence-electron chi connectivity index (χ4n) is 5.18. The number of ether oxygens (including phenoxy) is 1. The third kappa shape index (κ3) is 5.25. The first kappa shape index (κ1) is 26.4. The molecule has 3 aromatic rings. The van der Waals surface area contributed by atoms with Crippen LogP contribution in [-0.4, -0.2) is 66.0 Å². The molecule has 2 aliphatic heterocycles. The number of aromatic nitrogens is 1. The van der Waals surface area contributed by atoms with E-state index in [9.17, 15) is 14.7 Å². The van der Waals surface area contributed by atoms with E-state index >= 15 is 0 Å². The summed E-state index contributed by atoms with van der Waals surface area (Å²) < 4.78 is 5.83. The van der Waals surface area contributed by atoms with Crippen LogP contribution < -0.4 is 14.5 Å². The van der Waals surface area contributed by atoms with Crippen molar-refractivity contribution in [3.63, 3.8) is 0 Å². The summed E-state index contributed by atoms with van der Waals surface area (Å²) in [5.41, 5.74) is 3.59. The Bertz CT molecular complexity index is 1390. The van der Waals surface area contributed by atoms with Gasteiger partial charge in [0.05, 0.1) is 17.7 Å². The van der Waals surface area contributed by atoms with E-state index < -0.39 is 17.7 Å². The molecular weight excluding hydrogens is 492 g/mol. The smallest absolute Gasteiger partial charge is 0.300 e. The molecule has 1 amide bonds. The van der Waals surface area contributed by atoms with Crippen molar-refractivity contribution >= 4 is 28.8 Å². The zero-order valence-electron chi connectivity index (χ0n) is 22.8. The van der Waals surface area contributed by atoms with Crippen molar-refractivity contribution in [2.75, 3.05) is 43.0 Å². The standard InChI is InChI=1S/C31H34N4O4/c1-20(2)39-26-12-7-22(18-21(26)3)29(36)27-28(23-6-5-13-32-19-23)35(31(38)30(27)37)25-10-8-24(9-11-25)34-16-14-33(4)15-17-34/h5-13,18-20,28,36H,14-17H2,1-4H3/b29-27-. The van der Waals surface area contributed by atoms with Crippen LogP contribution in [0.25, 0.3) is 5.76 Å². The van der Waals surface area contributed by atoms with Crippen LogP contribution in [-0.2, 0) is 9.59 Å². The zero-order chi connectivity index (χ0) is 27.7. The molecule has 3 heterocycles. The fourth-order valence-corrected chi connectivity index (χ4v) is 5.18. The molecule has 2 saturated heterocycles. The fraction of sp³-hybridized carbons (Fsp3) is 0.323. The van der Waals surface area contributed by atoms with Crippen molar-refractivity contribution in [2.45, 2.75) is 32.9 Å². The average Bonchev–Trinajstić information content (AvgIpc) is 3.20. The van der Waals surface area contributed by atoms with E-state index in [1.54, 1.807) is 36.7 Å². The number of aliphatic hydroxyl groups is 1. The third-order valence-electron chi connectivity index (χ3n) is 7.25. The van der Waals surface area contributed by atoms with Crippen molar-refractivity contribution in [3.8, 4) is 5.75 Å². The number of pyridine rings is 1. The predicted octanol–water partition coefficient (Wildman–Crippen LogP) is 4.56. The number of aryl methyl sites for hydroxylation is 1. The van der Waals surface area contributed by atoms with Gasteiger partial charge in [-0.2, -0.15) is 0 Å². The van der Waals surface area contributed by atoms with Gasteiger partial charge in [-0.15, -0.1) is 0 Å². The number of anilines is 2. The van der Waals surface area contributed by atoms with Crippen LogP contribution in [0.3, 0.4) is 0 Å². The van der Waals surface area contributed by atoms with Gasteiger partial charge in [-0.1, -0.05) is 6.07 Å². The Morgan fingerprint density at radius 3 is 2.31 bits per heavy atom. The molecule has 1 aromatic heterocycles. The highest BCUT2D eigenvalue weighted by Gasteiger charge is 2.47. The molecule has 1 unspecified atom stereocenters. The van der Waals surface area contributed by atoms with Crippen molar-refractivity contribution < 1.29 is 19.4 Å². The minimum atomic E-state index is -0.819. The summed E-state index contributed by atoms with van der Waals surface area (Å²) in [4.78, 5) is 37.2. The van der Waals surface area contributed by atoms with Gasteiger partial charge in [-0.25, -0.2) is 0 Å². The number of carbonyl (C=O) groups excluding carboxylic acids is 2. The van der Waals surface area contributed by atoms with Gasteiger partial charge in [0.25, 0.3) is 11.7 Å². The van der Waals surface area contributed by atoms with Crippen molar-refractivity contribution in [1.82, 2.24) is 9.88 Å². The van der Waals surface area contributed by atoms with Gasteiger partial charge >= 0.3 is 0 Å². The number of piperazine rings is 1. The Morgan fingerprint density at radius 1 is 1.00 bits per heavy atom. The molecule has 8 heteroatoms. The highest BCUT2D eigenvalue weighted by Crippen LogP contribution is 2.42. The second-order valence-corrected chi connectivity index (χ2v) is 10.4. The minimum Gasteiger partial charge on any atom is -0.507 e. The summed E-state index contributed by atoms with van der Waals surface area (Å²) in [5, 5.41) is 11.4. The summed E-state index contributed by atoms with van der Waals surface area (Å²) in [5.74, 6) is -0.942. The molecule has 8 nitrogen and oxygen atoms in total. The monoisotopic (exact) mass is 526 g/mol. The molecule has 1 N–H and O–H groups in total. The van der Waals surface area contributed by atoms with Crippen molar-refractivity contribution in [3.05, 3.63) is 89.3 Å². The van der Waals surface area contributed by atoms with Crippen LogP contribution in [0.15, 0.2) is 72.6 Å². The van der Waals surface area contributed by atoms with Crippen LogP contribution in [0, 0.1) is 6.92 Å². The Morgan fingerprint density at radius 2 is 1.69 bits per heavy atom. The first-order valence-electron chi connectivity index (χ1n) is 13.3. The second-order valence-electron chi connectivity index (χ2n) is 10.4. The topological polar surface area (TPSA) is 86.2 Å². The number of carbonyl (C=O) groups is 2. The quantitative estimate of drug-likeness (QED) is 0.286. The molecule has 0 saturated carbocycles. The van der Waals surface area contributed by atoms with Crippen LogP contribution >= 0.6 is 0 Å². The molecule has 2 aromatic carbocycles. The van der Waals surface area contributed by atoms with E-state index in [0.29, 0.717) is 22.6 Å². The molecule has 5 rings (SSSR count). The number of ketones is 1. The number of hydrogen-bond acceptors (Lipinski definition) is 7. The number of aliphatic hydroxyl groups excluding tert-OH is 1. The van der Waals surface area contributed by atoms with Crippen molar-refractivity contribution in [2.24, 2.45) is 0 Å². The Labute approximate surface area is 229 Å². The van der Waals surface area contributed by atoms with E-state index in [1.807, 2.05) is 51.1 Å². The average molecular weight is 527 g/mol. The maximum atomic E-state index is 13.5. The summed E-state index contributed by atoms with van der Waals surface area (Å²) in [6.07, 6.45) is 3.26. The molecular formula is C31H34N4O4. The first-order chi connectivity index (χ1) is 18.7. The number of nitrogens with zero attached hydrogens (tertiary/aromatic N) is 4. The highest BCUT2D eigenvalue weighted by molar-refractivity contribution is 6.51. The lowest BCUT2D eigenvalue weighted by Crippen LogP contribution is -2.44. The lowest BCUT2D eigenvalue weighted by atomic mass is 9.95. The number of hydrogen-bond donors (Lipinski definition) is 1. The highest BCUT2D eigenvalue weighted by atomic mass is 16.5. The lowest BCUT2D eigenvalue weighted by molar-refractivity contribution is -0.132. The largest absolute Gasteiger partial charge is 0.507 e. The van der Waals surface area contributed by atoms with E-state index in [4.69, 9.17) is 4.74 Å². The summed E-state index contributed by atoms with van der Waals surface area (Å²) >= 11 is 0. The molecule has 2 aliphatic rings. The molecule has 39 heavy (non-hydrogen) atoms. The molecule has 1 atom stereocenters. The summed E-state index contributed by atoms with van der Waals surface area (Å²) in [6.45, 7) is 9.60. The molecule has 202 valence electrons. The molecule has 0 radical (unpaired) electrons. The van der Waals surface area contributed by atoms with Crippen LogP contribution in [0.2, 0.25) is 0 Å². The van der Waals surface area contributed by atoms with Gasteiger partial charge in [0.1, 0.15) is 11.5 Å². The van der Waals surface area contributed by atoms with Gasteiger partial charge in [-0.3, -0.25) is 19.5 Å². The Kier molecular flexibility index (Phi) is 7.39. The Hall–Kier alpha value is -4.17. The van der Waals surface area contributed by atoms with E-state index in [0.717, 1.165) is 37.4 Å². The third-order valence-corrected chi connectivity index (χ3v) is 7.25. The number of benzene rings is 2. The summed E-state index contributed by atoms with van der Waals surface area (Å²) in [6, 6.07) is 15.7. The van der Waals surface area contributed by atoms with Crippen LogP contribution in [0.5, 0.6) is 5.75 Å². The molecule has 0 bridgehead atoms. The van der Waals surface area contributed by atoms with E-state index in [2.05, 4.69) is 21.8 Å². The van der Waals surface area contributed by atoms with Gasteiger partial charge < -0.3 is 19.6 Å². The lowest BCUT2D eigenvalue weighted by Gasteiger charge is -2.34. The maximum Gasteiger partial charge on any atom is 0.300 e. The van der Waals surface area contributed by atoms with Crippen LogP contribution in [0.4, 0.5) is 11.4 Å². The van der Waals surface area contributed by atoms with Gasteiger partial charge in [0.2, 0.25) is 0 Å². The maximum absolute atomic E-state index is 13.5. The molecule has 0 spiro atoms. The Balaban J connectivity index is 1.55. The van der Waals surface area contributed by atoms with E-state index in [-0.39, 0.29) is 17.4 Å². The number of likely N-dealkylation sites (N-methyl/N-ethyl adjacent to an activating group) is 1. The zero-order valence-corrected chi connectivity index (χ0v) is 22.8. The molecule has 0 aliphatic carbocycles. The van der Waals surface area contributed by atoms with Gasteiger partial charge in [0, 0.05) is 55.5 Å². The normalized spacial score (nSPS) is 19.7. The van der Waals surface area contributed by atoms with Crippen molar-refractivity contribution in [1.29, 1.82) is 0 Å². The number of Topliss-reactive ketones (excluding diaryl/α,β-unsaturated/α-hetero) is 1. The van der Waals surface area contributed by atoms with Gasteiger partial charge in [0.15, 0.2) is 0 Å².